The molecule has 0 bridgehead atoms. The molecular formula is C11H21ClN2. The molecule has 3 heteroatoms. The molecule has 14 heavy (non-hydrogen) atoms. The highest BCUT2D eigenvalue weighted by molar-refractivity contribution is 6.20. The van der Waals surface area contributed by atoms with Crippen molar-refractivity contribution in [3.8, 4) is 0 Å². The van der Waals surface area contributed by atoms with E-state index in [0.717, 1.165) is 12.5 Å². The average Bonchev–Trinajstić information content (AvgIpc) is 2.18. The van der Waals surface area contributed by atoms with Gasteiger partial charge in [-0.15, -0.1) is 11.6 Å². The largest absolute Gasteiger partial charge is 0.301 e. The van der Waals surface area contributed by atoms with Crippen LogP contribution in [0.2, 0.25) is 0 Å². The number of likely N-dealkylation sites (tertiary alicyclic amines) is 1. The molecule has 2 heterocycles. The van der Waals surface area contributed by atoms with Crippen molar-refractivity contribution in [1.82, 2.24) is 10.2 Å². The van der Waals surface area contributed by atoms with Gasteiger partial charge in [0, 0.05) is 18.5 Å². The zero-order valence-electron chi connectivity index (χ0n) is 9.17. The third-order valence-corrected chi connectivity index (χ3v) is 4.28. The minimum absolute atomic E-state index is 0.204. The van der Waals surface area contributed by atoms with Crippen LogP contribution in [0.1, 0.15) is 26.7 Å². The lowest BCUT2D eigenvalue weighted by molar-refractivity contribution is 0.0663. The zero-order chi connectivity index (χ0) is 10.1. The zero-order valence-corrected chi connectivity index (χ0v) is 9.93. The first-order valence-corrected chi connectivity index (χ1v) is 6.23. The van der Waals surface area contributed by atoms with Crippen molar-refractivity contribution in [2.75, 3.05) is 19.6 Å². The maximum absolute atomic E-state index is 6.32. The van der Waals surface area contributed by atoms with Gasteiger partial charge in [-0.2, -0.15) is 0 Å². The van der Waals surface area contributed by atoms with Gasteiger partial charge in [-0.3, -0.25) is 0 Å². The predicted octanol–water partition coefficient (Wildman–Crippen LogP) is 1.89. The van der Waals surface area contributed by atoms with E-state index in [1.807, 2.05) is 0 Å². The lowest BCUT2D eigenvalue weighted by atomic mass is 9.80. The van der Waals surface area contributed by atoms with Gasteiger partial charge in [-0.05, 0) is 45.7 Å². The van der Waals surface area contributed by atoms with Crippen LogP contribution in [-0.2, 0) is 0 Å². The highest BCUT2D eigenvalue weighted by Gasteiger charge is 2.36. The summed E-state index contributed by atoms with van der Waals surface area (Å²) in [5.41, 5.74) is 0.204. The summed E-state index contributed by atoms with van der Waals surface area (Å²) in [4.78, 5) is 2.56. The highest BCUT2D eigenvalue weighted by atomic mass is 35.5. The van der Waals surface area contributed by atoms with Crippen LogP contribution in [0.5, 0.6) is 0 Å². The van der Waals surface area contributed by atoms with Gasteiger partial charge in [0.05, 0.1) is 5.50 Å². The minimum atomic E-state index is 0.204. The van der Waals surface area contributed by atoms with Crippen molar-refractivity contribution >= 4 is 11.6 Å². The fourth-order valence-corrected chi connectivity index (χ4v) is 3.17. The summed E-state index contributed by atoms with van der Waals surface area (Å²) in [6, 6.07) is 0.668. The second-order valence-corrected chi connectivity index (χ2v) is 5.42. The number of halogens is 1. The van der Waals surface area contributed by atoms with Gasteiger partial charge in [0.2, 0.25) is 0 Å². The molecule has 0 aliphatic carbocycles. The van der Waals surface area contributed by atoms with Gasteiger partial charge < -0.3 is 10.2 Å². The molecule has 0 spiro atoms. The van der Waals surface area contributed by atoms with Crippen molar-refractivity contribution < 1.29 is 0 Å². The summed E-state index contributed by atoms with van der Waals surface area (Å²) in [5, 5.41) is 3.38. The molecule has 0 radical (unpaired) electrons. The fraction of sp³-hybridized carbons (Fsp3) is 1.00. The average molecular weight is 217 g/mol. The van der Waals surface area contributed by atoms with Crippen molar-refractivity contribution in [2.45, 2.75) is 38.2 Å². The Morgan fingerprint density at radius 3 is 2.86 bits per heavy atom. The smallest absolute Gasteiger partial charge is 0.0868 e. The maximum atomic E-state index is 6.32. The molecule has 2 aliphatic rings. The van der Waals surface area contributed by atoms with Crippen molar-refractivity contribution in [2.24, 2.45) is 11.8 Å². The first-order chi connectivity index (χ1) is 6.68. The molecule has 1 N–H and O–H groups in total. The van der Waals surface area contributed by atoms with E-state index in [9.17, 15) is 0 Å². The Morgan fingerprint density at radius 1 is 1.36 bits per heavy atom. The van der Waals surface area contributed by atoms with Gasteiger partial charge in [0.15, 0.2) is 0 Å². The Kier molecular flexibility index (Phi) is 3.35. The van der Waals surface area contributed by atoms with E-state index in [2.05, 4.69) is 24.1 Å². The van der Waals surface area contributed by atoms with E-state index < -0.39 is 0 Å². The molecular weight excluding hydrogens is 196 g/mol. The van der Waals surface area contributed by atoms with E-state index in [1.54, 1.807) is 0 Å². The number of nitrogens with zero attached hydrogens (tertiary/aromatic N) is 1. The van der Waals surface area contributed by atoms with Crippen molar-refractivity contribution in [3.05, 3.63) is 0 Å². The molecule has 2 saturated heterocycles. The topological polar surface area (TPSA) is 15.3 Å². The van der Waals surface area contributed by atoms with Gasteiger partial charge in [0.25, 0.3) is 0 Å². The first-order valence-electron chi connectivity index (χ1n) is 5.80. The SMILES string of the molecule is CC(C)N1CCC2CCNC(Cl)C2C1. The number of piperidine rings is 2. The minimum Gasteiger partial charge on any atom is -0.301 e. The molecule has 0 amide bonds. The number of alkyl halides is 1. The number of nitrogens with one attached hydrogen (secondary N) is 1. The second kappa shape index (κ2) is 4.38. The lowest BCUT2D eigenvalue weighted by Gasteiger charge is -2.45. The lowest BCUT2D eigenvalue weighted by Crippen LogP contribution is -2.53. The Morgan fingerprint density at radius 2 is 2.14 bits per heavy atom. The molecule has 3 unspecified atom stereocenters. The third-order valence-electron chi connectivity index (χ3n) is 3.80. The third kappa shape index (κ3) is 2.07. The highest BCUT2D eigenvalue weighted by Crippen LogP contribution is 2.33. The van der Waals surface area contributed by atoms with E-state index in [4.69, 9.17) is 11.6 Å². The fourth-order valence-electron chi connectivity index (χ4n) is 2.77. The van der Waals surface area contributed by atoms with Gasteiger partial charge in [-0.25, -0.2) is 0 Å². The Labute approximate surface area is 92.0 Å². The number of rotatable bonds is 1. The molecule has 0 aromatic carbocycles. The monoisotopic (exact) mass is 216 g/mol. The molecule has 3 atom stereocenters. The second-order valence-electron chi connectivity index (χ2n) is 4.95. The van der Waals surface area contributed by atoms with E-state index in [0.29, 0.717) is 12.0 Å². The Balaban J connectivity index is 1.98. The van der Waals surface area contributed by atoms with E-state index >= 15 is 0 Å². The van der Waals surface area contributed by atoms with Crippen LogP contribution in [0.25, 0.3) is 0 Å². The number of fused-ring (bicyclic) bond motifs is 1. The quantitative estimate of drug-likeness (QED) is 0.532. The molecule has 0 aromatic heterocycles. The normalized spacial score (nSPS) is 39.9. The molecule has 0 aromatic rings. The van der Waals surface area contributed by atoms with Gasteiger partial charge in [0.1, 0.15) is 0 Å². The molecule has 0 saturated carbocycles. The van der Waals surface area contributed by atoms with Crippen LogP contribution < -0.4 is 5.32 Å². The molecule has 2 aliphatic heterocycles. The summed E-state index contributed by atoms with van der Waals surface area (Å²) in [6.45, 7) is 8.11. The van der Waals surface area contributed by atoms with Crippen LogP contribution in [-0.4, -0.2) is 36.1 Å². The summed E-state index contributed by atoms with van der Waals surface area (Å²) >= 11 is 6.32. The Bertz CT molecular complexity index is 196. The predicted molar refractivity (Wildman–Crippen MR) is 60.6 cm³/mol. The molecule has 82 valence electrons. The van der Waals surface area contributed by atoms with Crippen LogP contribution in [0.4, 0.5) is 0 Å². The standard InChI is InChI=1S/C11H21ClN2/c1-8(2)14-6-4-9-3-5-13-11(12)10(9)7-14/h8-11,13H,3-7H2,1-2H3. The molecule has 2 fully saturated rings. The molecule has 2 nitrogen and oxygen atoms in total. The van der Waals surface area contributed by atoms with Crippen molar-refractivity contribution in [3.63, 3.8) is 0 Å². The van der Waals surface area contributed by atoms with E-state index in [1.165, 1.54) is 25.9 Å². The first kappa shape index (κ1) is 10.7. The van der Waals surface area contributed by atoms with E-state index in [-0.39, 0.29) is 5.50 Å². The summed E-state index contributed by atoms with van der Waals surface area (Å²) in [6.07, 6.45) is 2.66. The summed E-state index contributed by atoms with van der Waals surface area (Å²) in [5.74, 6) is 1.54. The number of hydrogen-bond donors (Lipinski definition) is 1. The van der Waals surface area contributed by atoms with Gasteiger partial charge >= 0.3 is 0 Å². The summed E-state index contributed by atoms with van der Waals surface area (Å²) < 4.78 is 0. The number of hydrogen-bond acceptors (Lipinski definition) is 2. The Hall–Kier alpha value is 0.210. The van der Waals surface area contributed by atoms with Gasteiger partial charge in [-0.1, -0.05) is 0 Å². The summed E-state index contributed by atoms with van der Waals surface area (Å²) in [7, 11) is 0. The van der Waals surface area contributed by atoms with Crippen molar-refractivity contribution in [1.29, 1.82) is 0 Å². The van der Waals surface area contributed by atoms with Crippen LogP contribution in [0.3, 0.4) is 0 Å². The maximum Gasteiger partial charge on any atom is 0.0868 e. The molecule has 2 rings (SSSR count). The van der Waals surface area contributed by atoms with Crippen LogP contribution >= 0.6 is 11.6 Å². The van der Waals surface area contributed by atoms with Crippen LogP contribution in [0, 0.1) is 11.8 Å². The van der Waals surface area contributed by atoms with Crippen LogP contribution in [0.15, 0.2) is 0 Å².